The molecule has 0 saturated carbocycles. The van der Waals surface area contributed by atoms with Crippen molar-refractivity contribution in [1.29, 1.82) is 0 Å². The summed E-state index contributed by atoms with van der Waals surface area (Å²) < 4.78 is 5.27. The Morgan fingerprint density at radius 3 is 2.61 bits per heavy atom. The molecule has 122 valence electrons. The Kier molecular flexibility index (Phi) is 4.44. The minimum Gasteiger partial charge on any atom is -0.508 e. The molecule has 1 aliphatic rings. The van der Waals surface area contributed by atoms with Crippen LogP contribution in [0.5, 0.6) is 17.2 Å². The number of hydrogen-bond donors (Lipinski definition) is 2. The van der Waals surface area contributed by atoms with Crippen LogP contribution in [0, 0.1) is 0 Å². The largest absolute Gasteiger partial charge is 0.508 e. The van der Waals surface area contributed by atoms with Crippen LogP contribution in [0.2, 0.25) is 0 Å². The maximum Gasteiger partial charge on any atom is 0.160 e. The van der Waals surface area contributed by atoms with Crippen molar-refractivity contribution in [3.63, 3.8) is 0 Å². The topological polar surface area (TPSA) is 52.9 Å². The van der Waals surface area contributed by atoms with Gasteiger partial charge in [-0.15, -0.1) is 0 Å². The number of likely N-dealkylation sites (N-methyl/N-ethyl adjacent to an activating group) is 1. The molecule has 23 heavy (non-hydrogen) atoms. The third-order valence-electron chi connectivity index (χ3n) is 4.71. The van der Waals surface area contributed by atoms with Crippen LogP contribution < -0.4 is 4.74 Å². The number of methoxy groups -OCH3 is 1. The molecule has 0 radical (unpaired) electrons. The predicted octanol–water partition coefficient (Wildman–Crippen LogP) is 3.27. The first-order valence-corrected chi connectivity index (χ1v) is 7.96. The first kappa shape index (κ1) is 15.7. The molecule has 2 N–H and O–H groups in total. The number of phenols is 2. The molecule has 0 amide bonds. The summed E-state index contributed by atoms with van der Waals surface area (Å²) in [6.07, 6.45) is 2.87. The summed E-state index contributed by atoms with van der Waals surface area (Å²) in [5, 5.41) is 19.4. The van der Waals surface area contributed by atoms with Gasteiger partial charge in [-0.25, -0.2) is 0 Å². The monoisotopic (exact) mass is 313 g/mol. The second kappa shape index (κ2) is 6.50. The van der Waals surface area contributed by atoms with Gasteiger partial charge in [0, 0.05) is 12.6 Å². The molecular weight excluding hydrogens is 290 g/mol. The van der Waals surface area contributed by atoms with Gasteiger partial charge in [0.25, 0.3) is 0 Å². The van der Waals surface area contributed by atoms with E-state index in [-0.39, 0.29) is 5.75 Å². The molecule has 1 heterocycles. The van der Waals surface area contributed by atoms with Gasteiger partial charge in [-0.05, 0) is 67.3 Å². The zero-order valence-electron chi connectivity index (χ0n) is 13.6. The molecule has 1 aliphatic heterocycles. The molecule has 0 aromatic heterocycles. The summed E-state index contributed by atoms with van der Waals surface area (Å²) in [5.41, 5.74) is 3.67. The van der Waals surface area contributed by atoms with E-state index in [0.29, 0.717) is 17.5 Å². The van der Waals surface area contributed by atoms with E-state index >= 15 is 0 Å². The maximum absolute atomic E-state index is 9.99. The first-order valence-electron chi connectivity index (χ1n) is 7.96. The van der Waals surface area contributed by atoms with E-state index < -0.39 is 0 Å². The minimum absolute atomic E-state index is 0.216. The zero-order chi connectivity index (χ0) is 16.4. The number of nitrogens with zero attached hydrogens (tertiary/aromatic N) is 1. The Bertz CT molecular complexity index is 682. The number of hydrogen-bond acceptors (Lipinski definition) is 4. The number of benzene rings is 2. The summed E-state index contributed by atoms with van der Waals surface area (Å²) in [5.74, 6) is 1.05. The zero-order valence-corrected chi connectivity index (χ0v) is 13.6. The van der Waals surface area contributed by atoms with E-state index in [0.717, 1.165) is 25.8 Å². The van der Waals surface area contributed by atoms with Gasteiger partial charge in [0.1, 0.15) is 5.75 Å². The lowest BCUT2D eigenvalue weighted by molar-refractivity contribution is 0.218. The fourth-order valence-corrected chi connectivity index (χ4v) is 3.35. The van der Waals surface area contributed by atoms with Crippen LogP contribution in [0.4, 0.5) is 0 Å². The lowest BCUT2D eigenvalue weighted by Gasteiger charge is -2.35. The second-order valence-corrected chi connectivity index (χ2v) is 6.17. The average molecular weight is 313 g/mol. The number of ether oxygens (including phenoxy) is 1. The molecule has 0 fully saturated rings. The molecule has 0 spiro atoms. The van der Waals surface area contributed by atoms with Crippen LogP contribution in [0.1, 0.15) is 29.2 Å². The van der Waals surface area contributed by atoms with Crippen molar-refractivity contribution in [2.24, 2.45) is 0 Å². The predicted molar refractivity (Wildman–Crippen MR) is 90.2 cm³/mol. The van der Waals surface area contributed by atoms with E-state index in [1.165, 1.54) is 16.7 Å². The van der Waals surface area contributed by atoms with Crippen LogP contribution in [0.25, 0.3) is 0 Å². The highest BCUT2D eigenvalue weighted by Gasteiger charge is 2.26. The Balaban J connectivity index is 1.83. The van der Waals surface area contributed by atoms with Gasteiger partial charge in [0.15, 0.2) is 11.5 Å². The molecule has 1 unspecified atom stereocenters. The number of aryl methyl sites for hydroxylation is 1. The van der Waals surface area contributed by atoms with Crippen molar-refractivity contribution in [2.45, 2.75) is 25.3 Å². The number of fused-ring (bicyclic) bond motifs is 1. The van der Waals surface area contributed by atoms with Crippen LogP contribution in [0.3, 0.4) is 0 Å². The highest BCUT2D eigenvalue weighted by atomic mass is 16.5. The van der Waals surface area contributed by atoms with Crippen molar-refractivity contribution in [2.75, 3.05) is 20.7 Å². The highest BCUT2D eigenvalue weighted by Crippen LogP contribution is 2.38. The normalized spacial score (nSPS) is 17.7. The van der Waals surface area contributed by atoms with Gasteiger partial charge in [-0.2, -0.15) is 0 Å². The van der Waals surface area contributed by atoms with Gasteiger partial charge < -0.3 is 14.9 Å². The summed E-state index contributed by atoms with van der Waals surface area (Å²) in [4.78, 5) is 2.36. The van der Waals surface area contributed by atoms with Crippen molar-refractivity contribution >= 4 is 0 Å². The van der Waals surface area contributed by atoms with E-state index in [2.05, 4.69) is 11.9 Å². The van der Waals surface area contributed by atoms with Crippen LogP contribution in [-0.4, -0.2) is 35.8 Å². The molecule has 4 nitrogen and oxygen atoms in total. The summed E-state index contributed by atoms with van der Waals surface area (Å²) in [6, 6.07) is 11.5. The van der Waals surface area contributed by atoms with Crippen molar-refractivity contribution in [3.8, 4) is 17.2 Å². The van der Waals surface area contributed by atoms with Gasteiger partial charge in [0.2, 0.25) is 0 Å². The van der Waals surface area contributed by atoms with Crippen molar-refractivity contribution in [1.82, 2.24) is 4.90 Å². The first-order chi connectivity index (χ1) is 11.1. The van der Waals surface area contributed by atoms with E-state index in [9.17, 15) is 10.2 Å². The third-order valence-corrected chi connectivity index (χ3v) is 4.71. The Labute approximate surface area is 136 Å². The number of aromatic hydroxyl groups is 2. The highest BCUT2D eigenvalue weighted by molar-refractivity contribution is 5.48. The fourth-order valence-electron chi connectivity index (χ4n) is 3.35. The SMILES string of the molecule is COc1cc2c(cc1O)CCN(C)C2CCc1ccc(O)cc1. The van der Waals surface area contributed by atoms with E-state index in [4.69, 9.17) is 4.74 Å². The summed E-state index contributed by atoms with van der Waals surface area (Å²) in [6.45, 7) is 0.985. The molecule has 0 bridgehead atoms. The van der Waals surface area contributed by atoms with Gasteiger partial charge in [-0.1, -0.05) is 12.1 Å². The van der Waals surface area contributed by atoms with Crippen molar-refractivity contribution < 1.29 is 14.9 Å². The average Bonchev–Trinajstić information content (AvgIpc) is 2.55. The lowest BCUT2D eigenvalue weighted by Crippen LogP contribution is -2.32. The quantitative estimate of drug-likeness (QED) is 0.909. The van der Waals surface area contributed by atoms with Crippen molar-refractivity contribution in [3.05, 3.63) is 53.1 Å². The summed E-state index contributed by atoms with van der Waals surface area (Å²) in [7, 11) is 3.73. The molecule has 2 aromatic rings. The Hall–Kier alpha value is -2.20. The smallest absolute Gasteiger partial charge is 0.160 e. The number of rotatable bonds is 4. The van der Waals surface area contributed by atoms with Gasteiger partial charge in [-0.3, -0.25) is 4.90 Å². The Morgan fingerprint density at radius 1 is 1.17 bits per heavy atom. The molecular formula is C19H23NO3. The fraction of sp³-hybridized carbons (Fsp3) is 0.368. The molecule has 4 heteroatoms. The molecule has 1 atom stereocenters. The third kappa shape index (κ3) is 3.27. The molecule has 0 aliphatic carbocycles. The maximum atomic E-state index is 9.99. The molecule has 2 aromatic carbocycles. The summed E-state index contributed by atoms with van der Waals surface area (Å²) >= 11 is 0. The standard InChI is InChI=1S/C19H23NO3/c1-20-10-9-14-11-18(22)19(23-2)12-16(14)17(20)8-5-13-3-6-15(21)7-4-13/h3-4,6-7,11-12,17,21-22H,5,8-10H2,1-2H3. The van der Waals surface area contributed by atoms with Gasteiger partial charge >= 0.3 is 0 Å². The van der Waals surface area contributed by atoms with E-state index in [1.54, 1.807) is 19.2 Å². The minimum atomic E-state index is 0.216. The van der Waals surface area contributed by atoms with Crippen LogP contribution in [0.15, 0.2) is 36.4 Å². The molecule has 3 rings (SSSR count). The van der Waals surface area contributed by atoms with Gasteiger partial charge in [0.05, 0.1) is 7.11 Å². The lowest BCUT2D eigenvalue weighted by atomic mass is 9.89. The van der Waals surface area contributed by atoms with Crippen LogP contribution >= 0.6 is 0 Å². The second-order valence-electron chi connectivity index (χ2n) is 6.17. The molecule has 0 saturated heterocycles. The Morgan fingerprint density at radius 2 is 1.91 bits per heavy atom. The number of phenolic OH excluding ortho intramolecular Hbond substituents is 2. The van der Waals surface area contributed by atoms with E-state index in [1.807, 2.05) is 24.3 Å². The van der Waals surface area contributed by atoms with Crippen LogP contribution in [-0.2, 0) is 12.8 Å².